The predicted octanol–water partition coefficient (Wildman–Crippen LogP) is 7.77. The average Bonchev–Trinajstić information content (AvgIpc) is 2.62. The lowest BCUT2D eigenvalue weighted by molar-refractivity contribution is 0.318. The van der Waals surface area contributed by atoms with Gasteiger partial charge in [-0.05, 0) is 13.5 Å². The molecule has 0 bridgehead atoms. The Morgan fingerprint density at radius 1 is 0.423 bits per heavy atom. The number of aliphatic hydroxyl groups excluding tert-OH is 1. The molecule has 26 heavy (non-hydrogen) atoms. The third-order valence-corrected chi connectivity index (χ3v) is 5.00. The summed E-state index contributed by atoms with van der Waals surface area (Å²) in [6, 6.07) is 0. The first-order chi connectivity index (χ1) is 12.8. The molecule has 0 spiro atoms. The summed E-state index contributed by atoms with van der Waals surface area (Å²) in [4.78, 5) is 0. The normalized spacial score (nSPS) is 19.8. The smallest absolute Gasteiger partial charge is 0.0402 e. The minimum absolute atomic E-state index is 0.250. The van der Waals surface area contributed by atoms with Crippen LogP contribution in [0.25, 0.3) is 0 Å². The van der Waals surface area contributed by atoms with Crippen LogP contribution in [0.4, 0.5) is 0 Å². The van der Waals surface area contributed by atoms with Gasteiger partial charge in [-0.15, -0.1) is 0 Å². The standard InChI is InChI=1S/C20H40.C2H7N.C2H6O/c1-2-4-6-8-10-12-14-16-18-20-19-17-15-13-11-9-7-5-3-1;2*1-2-3/h1-20H2;2-3H2,1H3;3H,2H2,1H3. The number of nitrogens with two attached hydrogens (primary N) is 1. The quantitative estimate of drug-likeness (QED) is 0.457. The lowest BCUT2D eigenvalue weighted by Crippen LogP contribution is -1.87. The molecule has 160 valence electrons. The van der Waals surface area contributed by atoms with E-state index in [4.69, 9.17) is 10.8 Å². The van der Waals surface area contributed by atoms with Gasteiger partial charge in [-0.2, -0.15) is 0 Å². The Morgan fingerprint density at radius 3 is 0.500 bits per heavy atom. The number of hydrogen-bond acceptors (Lipinski definition) is 2. The van der Waals surface area contributed by atoms with E-state index in [2.05, 4.69) is 0 Å². The molecule has 0 aromatic heterocycles. The highest BCUT2D eigenvalue weighted by molar-refractivity contribution is 4.52. The van der Waals surface area contributed by atoms with E-state index in [1.807, 2.05) is 6.92 Å². The van der Waals surface area contributed by atoms with E-state index in [1.54, 1.807) is 6.92 Å². The fourth-order valence-corrected chi connectivity index (χ4v) is 3.54. The van der Waals surface area contributed by atoms with Crippen molar-refractivity contribution in [2.75, 3.05) is 13.2 Å². The maximum Gasteiger partial charge on any atom is 0.0402 e. The van der Waals surface area contributed by atoms with Gasteiger partial charge in [0.25, 0.3) is 0 Å². The van der Waals surface area contributed by atoms with E-state index < -0.39 is 0 Å². The van der Waals surface area contributed by atoms with Gasteiger partial charge in [-0.3, -0.25) is 0 Å². The van der Waals surface area contributed by atoms with Crippen molar-refractivity contribution < 1.29 is 5.11 Å². The SMILES string of the molecule is C1CCCCCCCCCCCCCCCCCCC1.CCN.CCO. The Balaban J connectivity index is 0. The van der Waals surface area contributed by atoms with E-state index in [-0.39, 0.29) is 6.61 Å². The Labute approximate surface area is 166 Å². The molecule has 0 radical (unpaired) electrons. The van der Waals surface area contributed by atoms with Crippen LogP contribution in [0, 0.1) is 0 Å². The molecule has 0 amide bonds. The molecule has 2 nitrogen and oxygen atoms in total. The van der Waals surface area contributed by atoms with Gasteiger partial charge < -0.3 is 10.8 Å². The Morgan fingerprint density at radius 2 is 0.462 bits per heavy atom. The molecule has 1 saturated carbocycles. The Bertz CT molecular complexity index is 120. The summed E-state index contributed by atoms with van der Waals surface area (Å²) in [7, 11) is 0. The van der Waals surface area contributed by atoms with Crippen LogP contribution in [0.15, 0.2) is 0 Å². The van der Waals surface area contributed by atoms with Crippen LogP contribution < -0.4 is 5.73 Å². The molecular formula is C24H53NO. The second-order valence-corrected chi connectivity index (χ2v) is 7.80. The summed E-state index contributed by atoms with van der Waals surface area (Å²) in [6.45, 7) is 4.58. The number of hydrogen-bond donors (Lipinski definition) is 2. The lowest BCUT2D eigenvalue weighted by Gasteiger charge is -2.05. The van der Waals surface area contributed by atoms with Crippen molar-refractivity contribution in [2.45, 2.75) is 142 Å². The van der Waals surface area contributed by atoms with E-state index in [9.17, 15) is 0 Å². The zero-order valence-electron chi connectivity index (χ0n) is 18.6. The Kier molecular flexibility index (Phi) is 32.1. The van der Waals surface area contributed by atoms with Gasteiger partial charge in [-0.25, -0.2) is 0 Å². The van der Waals surface area contributed by atoms with Crippen LogP contribution in [-0.2, 0) is 0 Å². The van der Waals surface area contributed by atoms with Gasteiger partial charge in [-0.1, -0.05) is 135 Å². The second kappa shape index (κ2) is 29.7. The fraction of sp³-hybridized carbons (Fsp3) is 1.00. The first-order valence-electron chi connectivity index (χ1n) is 12.1. The molecule has 1 rings (SSSR count). The highest BCUT2D eigenvalue weighted by atomic mass is 16.2. The minimum atomic E-state index is 0.250. The molecule has 1 fully saturated rings. The fourth-order valence-electron chi connectivity index (χ4n) is 3.54. The maximum absolute atomic E-state index is 7.57. The van der Waals surface area contributed by atoms with E-state index >= 15 is 0 Å². The second-order valence-electron chi connectivity index (χ2n) is 7.80. The van der Waals surface area contributed by atoms with Crippen LogP contribution in [0.2, 0.25) is 0 Å². The first kappa shape index (κ1) is 28.1. The van der Waals surface area contributed by atoms with Crippen LogP contribution in [-0.4, -0.2) is 18.3 Å². The van der Waals surface area contributed by atoms with Crippen molar-refractivity contribution >= 4 is 0 Å². The van der Waals surface area contributed by atoms with E-state index in [0.717, 1.165) is 6.54 Å². The molecule has 0 saturated heterocycles. The van der Waals surface area contributed by atoms with Gasteiger partial charge >= 0.3 is 0 Å². The van der Waals surface area contributed by atoms with E-state index in [0.29, 0.717) is 0 Å². The molecule has 0 unspecified atom stereocenters. The molecule has 1 aliphatic carbocycles. The van der Waals surface area contributed by atoms with Crippen LogP contribution >= 0.6 is 0 Å². The predicted molar refractivity (Wildman–Crippen MR) is 120 cm³/mol. The largest absolute Gasteiger partial charge is 0.397 e. The number of aliphatic hydroxyl groups is 1. The minimum Gasteiger partial charge on any atom is -0.397 e. The lowest BCUT2D eigenvalue weighted by atomic mass is 10.0. The molecular weight excluding hydrogens is 318 g/mol. The molecule has 1 aliphatic rings. The zero-order valence-corrected chi connectivity index (χ0v) is 18.6. The third kappa shape index (κ3) is 31.7. The summed E-state index contributed by atoms with van der Waals surface area (Å²) >= 11 is 0. The Hall–Kier alpha value is -0.0800. The summed E-state index contributed by atoms with van der Waals surface area (Å²) < 4.78 is 0. The van der Waals surface area contributed by atoms with Gasteiger partial charge in [0.1, 0.15) is 0 Å². The molecule has 0 heterocycles. The summed E-state index contributed by atoms with van der Waals surface area (Å²) in [5.74, 6) is 0. The van der Waals surface area contributed by atoms with Crippen molar-refractivity contribution in [2.24, 2.45) is 5.73 Å². The zero-order chi connectivity index (χ0) is 19.6. The van der Waals surface area contributed by atoms with Crippen LogP contribution in [0.1, 0.15) is 142 Å². The molecule has 2 heteroatoms. The van der Waals surface area contributed by atoms with Gasteiger partial charge in [0.05, 0.1) is 0 Å². The molecule has 0 aromatic rings. The van der Waals surface area contributed by atoms with E-state index in [1.165, 1.54) is 128 Å². The van der Waals surface area contributed by atoms with Crippen LogP contribution in [0.3, 0.4) is 0 Å². The maximum atomic E-state index is 7.57. The monoisotopic (exact) mass is 371 g/mol. The summed E-state index contributed by atoms with van der Waals surface area (Å²) in [5, 5.41) is 7.57. The van der Waals surface area contributed by atoms with Crippen molar-refractivity contribution in [3.05, 3.63) is 0 Å². The molecule has 0 aliphatic heterocycles. The van der Waals surface area contributed by atoms with Gasteiger partial charge in [0.2, 0.25) is 0 Å². The third-order valence-electron chi connectivity index (χ3n) is 5.00. The van der Waals surface area contributed by atoms with Crippen molar-refractivity contribution in [3.8, 4) is 0 Å². The summed E-state index contributed by atoms with van der Waals surface area (Å²) in [5.41, 5.74) is 4.85. The highest BCUT2D eigenvalue weighted by Gasteiger charge is 1.96. The molecule has 3 N–H and O–H groups in total. The number of rotatable bonds is 0. The van der Waals surface area contributed by atoms with Gasteiger partial charge in [0, 0.05) is 6.61 Å². The van der Waals surface area contributed by atoms with Gasteiger partial charge in [0.15, 0.2) is 0 Å². The highest BCUT2D eigenvalue weighted by Crippen LogP contribution is 2.16. The van der Waals surface area contributed by atoms with Crippen molar-refractivity contribution in [1.29, 1.82) is 0 Å². The van der Waals surface area contributed by atoms with Crippen molar-refractivity contribution in [1.82, 2.24) is 0 Å². The van der Waals surface area contributed by atoms with Crippen molar-refractivity contribution in [3.63, 3.8) is 0 Å². The average molecular weight is 372 g/mol. The molecule has 0 atom stereocenters. The van der Waals surface area contributed by atoms with Crippen LogP contribution in [0.5, 0.6) is 0 Å². The molecule has 0 aromatic carbocycles. The first-order valence-corrected chi connectivity index (χ1v) is 12.1. The topological polar surface area (TPSA) is 46.2 Å². The summed E-state index contributed by atoms with van der Waals surface area (Å²) in [6.07, 6.45) is 30.0.